The molecule has 1 N–H and O–H groups in total. The molecule has 0 aromatic carbocycles. The number of carbonyl (C=O) groups is 1. The van der Waals surface area contributed by atoms with Crippen molar-refractivity contribution in [3.63, 3.8) is 0 Å². The highest BCUT2D eigenvalue weighted by atomic mass is 28.4. The number of nitrogens with zero attached hydrogens (tertiary/aromatic N) is 1. The minimum Gasteiger partial charge on any atom is -0.410 e. The molecular weight excluding hydrogens is 328 g/mol. The van der Waals surface area contributed by atoms with Crippen molar-refractivity contribution in [2.24, 2.45) is 5.92 Å². The molecule has 0 aliphatic carbocycles. The molecule has 1 aliphatic heterocycles. The molecule has 1 aromatic heterocycles. The fourth-order valence-electron chi connectivity index (χ4n) is 2.57. The number of carbonyl (C=O) groups excluding carboxylic acids is 1. The molecule has 1 fully saturated rings. The van der Waals surface area contributed by atoms with E-state index in [0.29, 0.717) is 0 Å². The number of hydrogen-bond acceptors (Lipinski definition) is 5. The van der Waals surface area contributed by atoms with Gasteiger partial charge in [0, 0.05) is 18.2 Å². The maximum absolute atomic E-state index is 12.0. The summed E-state index contributed by atoms with van der Waals surface area (Å²) in [5.74, 6) is -0.210. The van der Waals surface area contributed by atoms with Crippen molar-refractivity contribution < 1.29 is 14.0 Å². The Morgan fingerprint density at radius 3 is 2.46 bits per heavy atom. The highest BCUT2D eigenvalue weighted by Crippen LogP contribution is 2.42. The molecule has 0 amide bonds. The summed E-state index contributed by atoms with van der Waals surface area (Å²) < 4.78 is 13.5. The number of nitrogens with one attached hydrogen (secondary N) is 1. The number of ether oxygens (including phenoxy) is 1. The lowest BCUT2D eigenvalue weighted by Gasteiger charge is -2.39. The summed E-state index contributed by atoms with van der Waals surface area (Å²) in [6.07, 6.45) is 0.300. The van der Waals surface area contributed by atoms with E-state index in [-0.39, 0.29) is 11.0 Å². The zero-order valence-corrected chi connectivity index (χ0v) is 16.0. The first kappa shape index (κ1) is 18.8. The Labute approximate surface area is 142 Å². The van der Waals surface area contributed by atoms with Crippen LogP contribution in [0.5, 0.6) is 0 Å². The fourth-order valence-corrected chi connectivity index (χ4v) is 3.95. The first-order valence-electron chi connectivity index (χ1n) is 8.08. The van der Waals surface area contributed by atoms with E-state index in [1.165, 1.54) is 16.8 Å². The minimum atomic E-state index is -2.11. The quantitative estimate of drug-likeness (QED) is 0.656. The second-order valence-electron chi connectivity index (χ2n) is 7.85. The zero-order valence-electron chi connectivity index (χ0n) is 15.0. The van der Waals surface area contributed by atoms with Crippen molar-refractivity contribution in [3.8, 4) is 0 Å². The Morgan fingerprint density at radius 1 is 1.33 bits per heavy atom. The van der Waals surface area contributed by atoms with Crippen LogP contribution in [0.25, 0.3) is 0 Å². The van der Waals surface area contributed by atoms with E-state index in [2.05, 4.69) is 38.8 Å². The lowest BCUT2D eigenvalue weighted by Crippen LogP contribution is -2.47. The lowest BCUT2D eigenvalue weighted by molar-refractivity contribution is -0.122. The van der Waals surface area contributed by atoms with E-state index in [1.54, 1.807) is 0 Å². The largest absolute Gasteiger partial charge is 0.410 e. The first-order valence-corrected chi connectivity index (χ1v) is 11.0. The standard InChI is InChI=1S/C16H26N2O5Si/c1-10-13(23-24(5,6)16(2,3)4)11(9-19)22-14(10)18-8-7-12(20)17-15(18)21/h7-11,13-14H,1-6H3,(H,17,20,21)/t10-,11+,13?,14+/m0/s1. The van der Waals surface area contributed by atoms with Crippen LogP contribution >= 0.6 is 0 Å². The van der Waals surface area contributed by atoms with Gasteiger partial charge >= 0.3 is 5.69 Å². The van der Waals surface area contributed by atoms with Gasteiger partial charge in [-0.1, -0.05) is 27.7 Å². The van der Waals surface area contributed by atoms with E-state index in [0.717, 1.165) is 6.29 Å². The molecule has 0 radical (unpaired) electrons. The van der Waals surface area contributed by atoms with Gasteiger partial charge in [0.2, 0.25) is 0 Å². The predicted molar refractivity (Wildman–Crippen MR) is 92.5 cm³/mol. The monoisotopic (exact) mass is 354 g/mol. The van der Waals surface area contributed by atoms with Gasteiger partial charge in [0.05, 0.1) is 6.10 Å². The third-order valence-electron chi connectivity index (χ3n) is 5.08. The minimum absolute atomic E-state index is 0.00688. The van der Waals surface area contributed by atoms with Crippen LogP contribution < -0.4 is 11.2 Å². The molecule has 0 bridgehead atoms. The summed E-state index contributed by atoms with van der Waals surface area (Å²) >= 11 is 0. The predicted octanol–water partition coefficient (Wildman–Crippen LogP) is 1.66. The SMILES string of the molecule is C[C@H]1C(O[Si](C)(C)C(C)(C)C)[C@@H](C=O)O[C@H]1n1ccc(=O)[nH]c1=O. The van der Waals surface area contributed by atoms with E-state index in [1.807, 2.05) is 6.92 Å². The van der Waals surface area contributed by atoms with Crippen molar-refractivity contribution in [2.45, 2.75) is 64.3 Å². The average Bonchev–Trinajstić information content (AvgIpc) is 2.74. The molecule has 1 unspecified atom stereocenters. The third-order valence-corrected chi connectivity index (χ3v) is 9.56. The van der Waals surface area contributed by atoms with Crippen LogP contribution in [0.4, 0.5) is 0 Å². The normalized spacial score (nSPS) is 28.1. The number of aldehydes is 1. The van der Waals surface area contributed by atoms with Gasteiger partial charge in [0.1, 0.15) is 12.3 Å². The third kappa shape index (κ3) is 3.45. The summed E-state index contributed by atoms with van der Waals surface area (Å²) in [5, 5.41) is -0.00688. The fraction of sp³-hybridized carbons (Fsp3) is 0.688. The number of aromatic nitrogens is 2. The van der Waals surface area contributed by atoms with Crippen molar-refractivity contribution in [2.75, 3.05) is 0 Å². The molecule has 4 atom stereocenters. The van der Waals surface area contributed by atoms with Crippen LogP contribution in [0.15, 0.2) is 21.9 Å². The Morgan fingerprint density at radius 2 is 1.96 bits per heavy atom. The molecule has 134 valence electrons. The van der Waals surface area contributed by atoms with Gasteiger partial charge in [0.25, 0.3) is 5.56 Å². The van der Waals surface area contributed by atoms with Crippen LogP contribution in [0, 0.1) is 5.92 Å². The maximum Gasteiger partial charge on any atom is 0.330 e. The molecule has 2 heterocycles. The Balaban J connectivity index is 2.33. The smallest absolute Gasteiger partial charge is 0.330 e. The number of hydrogen-bond donors (Lipinski definition) is 1. The number of rotatable bonds is 4. The van der Waals surface area contributed by atoms with E-state index in [4.69, 9.17) is 9.16 Å². The van der Waals surface area contributed by atoms with Crippen molar-refractivity contribution in [1.29, 1.82) is 0 Å². The Hall–Kier alpha value is -1.51. The topological polar surface area (TPSA) is 90.4 Å². The summed E-state index contributed by atoms with van der Waals surface area (Å²) in [4.78, 5) is 37.0. The summed E-state index contributed by atoms with van der Waals surface area (Å²) in [5.41, 5.74) is -1.03. The van der Waals surface area contributed by atoms with Gasteiger partial charge in [-0.15, -0.1) is 0 Å². The zero-order chi connectivity index (χ0) is 18.3. The van der Waals surface area contributed by atoms with Gasteiger partial charge < -0.3 is 14.0 Å². The Kier molecular flexibility index (Phi) is 5.03. The van der Waals surface area contributed by atoms with E-state index in [9.17, 15) is 14.4 Å². The number of H-pyrrole nitrogens is 1. The van der Waals surface area contributed by atoms with Crippen LogP contribution in [0.1, 0.15) is 33.9 Å². The molecule has 1 saturated heterocycles. The van der Waals surface area contributed by atoms with Crippen LogP contribution in [0.2, 0.25) is 18.1 Å². The van der Waals surface area contributed by atoms with Gasteiger partial charge in [0.15, 0.2) is 14.6 Å². The van der Waals surface area contributed by atoms with Gasteiger partial charge in [-0.25, -0.2) is 4.79 Å². The second kappa shape index (κ2) is 6.42. The van der Waals surface area contributed by atoms with Crippen LogP contribution in [-0.2, 0) is 14.0 Å². The van der Waals surface area contributed by atoms with Crippen molar-refractivity contribution >= 4 is 14.6 Å². The van der Waals surface area contributed by atoms with Crippen LogP contribution in [-0.4, -0.2) is 36.4 Å². The first-order chi connectivity index (χ1) is 11.0. The molecular formula is C16H26N2O5Si. The molecule has 1 aromatic rings. The van der Waals surface area contributed by atoms with Crippen molar-refractivity contribution in [1.82, 2.24) is 9.55 Å². The summed E-state index contributed by atoms with van der Waals surface area (Å²) in [7, 11) is -2.11. The van der Waals surface area contributed by atoms with Gasteiger partial charge in [-0.3, -0.25) is 14.3 Å². The molecule has 0 saturated carbocycles. The molecule has 2 rings (SSSR count). The average molecular weight is 354 g/mol. The van der Waals surface area contributed by atoms with E-state index < -0.39 is 38.0 Å². The lowest BCUT2D eigenvalue weighted by atomic mass is 10.0. The number of aromatic amines is 1. The van der Waals surface area contributed by atoms with Gasteiger partial charge in [-0.2, -0.15) is 0 Å². The Bertz CT molecular complexity index is 718. The van der Waals surface area contributed by atoms with E-state index >= 15 is 0 Å². The van der Waals surface area contributed by atoms with Crippen molar-refractivity contribution in [3.05, 3.63) is 33.1 Å². The summed E-state index contributed by atoms with van der Waals surface area (Å²) in [6.45, 7) is 12.5. The second-order valence-corrected chi connectivity index (χ2v) is 12.6. The molecule has 0 spiro atoms. The molecule has 24 heavy (non-hydrogen) atoms. The van der Waals surface area contributed by atoms with Gasteiger partial charge in [-0.05, 0) is 18.1 Å². The van der Waals surface area contributed by atoms with Crippen LogP contribution in [0.3, 0.4) is 0 Å². The molecule has 7 nitrogen and oxygen atoms in total. The summed E-state index contributed by atoms with van der Waals surface area (Å²) in [6, 6.07) is 1.26. The molecule has 1 aliphatic rings. The highest BCUT2D eigenvalue weighted by Gasteiger charge is 2.49. The highest BCUT2D eigenvalue weighted by molar-refractivity contribution is 6.74. The molecule has 8 heteroatoms. The maximum atomic E-state index is 12.0.